The number of guanidine groups is 1. The Morgan fingerprint density at radius 3 is 2.35 bits per heavy atom. The number of piperidine rings is 1. The zero-order chi connectivity index (χ0) is 15.8. The first-order valence-electron chi connectivity index (χ1n) is 8.31. The quantitative estimate of drug-likeness (QED) is 0.270. The average molecular weight is 455 g/mol. The largest absolute Gasteiger partial charge is 0.370 e. The highest BCUT2D eigenvalue weighted by atomic mass is 127. The fourth-order valence-electron chi connectivity index (χ4n) is 2.97. The second-order valence-corrected chi connectivity index (χ2v) is 7.29. The third-order valence-corrected chi connectivity index (χ3v) is 5.42. The molecule has 0 bridgehead atoms. The summed E-state index contributed by atoms with van der Waals surface area (Å²) in [6, 6.07) is 0. The molecule has 0 aromatic carbocycles. The van der Waals surface area contributed by atoms with Crippen LogP contribution >= 0.6 is 35.7 Å². The minimum absolute atomic E-state index is 0. The molecular formula is C15H30IN5OS. The van der Waals surface area contributed by atoms with E-state index in [4.69, 9.17) is 11.5 Å². The molecule has 6 nitrogen and oxygen atoms in total. The zero-order valence-corrected chi connectivity index (χ0v) is 16.9. The smallest absolute Gasteiger partial charge is 0.220 e. The molecule has 2 saturated heterocycles. The Labute approximate surface area is 160 Å². The highest BCUT2D eigenvalue weighted by Crippen LogP contribution is 2.16. The first kappa shape index (κ1) is 20.8. The molecule has 4 N–H and O–H groups in total. The minimum atomic E-state index is -0.138. The summed E-state index contributed by atoms with van der Waals surface area (Å²) in [6.07, 6.45) is 4.02. The molecule has 0 saturated carbocycles. The number of aliphatic imine (C=N–C) groups is 1. The molecule has 2 rings (SSSR count). The van der Waals surface area contributed by atoms with Crippen molar-refractivity contribution in [3.05, 3.63) is 0 Å². The van der Waals surface area contributed by atoms with Crippen molar-refractivity contribution in [2.24, 2.45) is 22.4 Å². The van der Waals surface area contributed by atoms with Gasteiger partial charge in [-0.25, -0.2) is 0 Å². The van der Waals surface area contributed by atoms with Gasteiger partial charge in [-0.15, -0.1) is 24.0 Å². The molecular weight excluding hydrogens is 425 g/mol. The number of thioether (sulfide) groups is 1. The van der Waals surface area contributed by atoms with Gasteiger partial charge in [-0.1, -0.05) is 0 Å². The van der Waals surface area contributed by atoms with Gasteiger partial charge in [0.2, 0.25) is 5.91 Å². The van der Waals surface area contributed by atoms with Gasteiger partial charge in [0.05, 0.1) is 0 Å². The maximum absolute atomic E-state index is 11.1. The lowest BCUT2D eigenvalue weighted by atomic mass is 9.96. The van der Waals surface area contributed by atoms with E-state index in [2.05, 4.69) is 14.8 Å². The predicted octanol–water partition coefficient (Wildman–Crippen LogP) is 0.945. The van der Waals surface area contributed by atoms with E-state index in [0.29, 0.717) is 5.96 Å². The Hall–Kier alpha value is -0.220. The number of unbranched alkanes of at least 4 members (excludes halogenated alkanes) is 1. The van der Waals surface area contributed by atoms with E-state index >= 15 is 0 Å². The average Bonchev–Trinajstić information content (AvgIpc) is 2.55. The van der Waals surface area contributed by atoms with Gasteiger partial charge in [0, 0.05) is 37.1 Å². The molecule has 0 aliphatic carbocycles. The molecule has 0 unspecified atom stereocenters. The number of hydrogen-bond donors (Lipinski definition) is 2. The normalized spacial score (nSPS) is 21.0. The molecule has 2 fully saturated rings. The molecule has 23 heavy (non-hydrogen) atoms. The lowest BCUT2D eigenvalue weighted by molar-refractivity contribution is -0.123. The van der Waals surface area contributed by atoms with Gasteiger partial charge in [-0.2, -0.15) is 11.8 Å². The van der Waals surface area contributed by atoms with Crippen molar-refractivity contribution >= 4 is 47.6 Å². The molecule has 1 amide bonds. The third kappa shape index (κ3) is 7.47. The van der Waals surface area contributed by atoms with Crippen LogP contribution in [-0.2, 0) is 4.79 Å². The number of carbonyl (C=O) groups excluding carboxylic acids is 1. The number of carbonyl (C=O) groups is 1. The summed E-state index contributed by atoms with van der Waals surface area (Å²) in [5.41, 5.74) is 11.4. The van der Waals surface area contributed by atoms with Gasteiger partial charge in [0.1, 0.15) is 0 Å². The van der Waals surface area contributed by atoms with Gasteiger partial charge in [0.15, 0.2) is 5.96 Å². The minimum Gasteiger partial charge on any atom is -0.370 e. The fraction of sp³-hybridized carbons (Fsp3) is 0.867. The van der Waals surface area contributed by atoms with Crippen molar-refractivity contribution < 1.29 is 4.79 Å². The molecule has 2 heterocycles. The Bertz CT molecular complexity index is 382. The van der Waals surface area contributed by atoms with Crippen molar-refractivity contribution in [1.29, 1.82) is 0 Å². The van der Waals surface area contributed by atoms with E-state index in [1.165, 1.54) is 0 Å². The van der Waals surface area contributed by atoms with Crippen molar-refractivity contribution in [3.63, 3.8) is 0 Å². The highest BCUT2D eigenvalue weighted by molar-refractivity contribution is 14.0. The molecule has 0 atom stereocenters. The van der Waals surface area contributed by atoms with E-state index in [-0.39, 0.29) is 35.8 Å². The molecule has 2 aliphatic heterocycles. The lowest BCUT2D eigenvalue weighted by Crippen LogP contribution is -2.42. The molecule has 0 aromatic heterocycles. The van der Waals surface area contributed by atoms with Gasteiger partial charge in [-0.3, -0.25) is 9.79 Å². The fourth-order valence-corrected chi connectivity index (χ4v) is 3.88. The third-order valence-electron chi connectivity index (χ3n) is 4.48. The number of rotatable bonds is 6. The van der Waals surface area contributed by atoms with Gasteiger partial charge in [-0.05, 0) is 45.3 Å². The Balaban J connectivity index is 0.00000264. The summed E-state index contributed by atoms with van der Waals surface area (Å²) >= 11 is 1.98. The molecule has 0 radical (unpaired) electrons. The summed E-state index contributed by atoms with van der Waals surface area (Å²) in [4.78, 5) is 20.2. The zero-order valence-electron chi connectivity index (χ0n) is 13.8. The maximum Gasteiger partial charge on any atom is 0.220 e. The second-order valence-electron chi connectivity index (χ2n) is 6.06. The van der Waals surface area contributed by atoms with E-state index in [9.17, 15) is 4.79 Å². The van der Waals surface area contributed by atoms with Crippen LogP contribution in [0.5, 0.6) is 0 Å². The van der Waals surface area contributed by atoms with Gasteiger partial charge < -0.3 is 21.3 Å². The van der Waals surface area contributed by atoms with Crippen molar-refractivity contribution in [1.82, 2.24) is 9.80 Å². The molecule has 0 aromatic rings. The number of primary amides is 1. The van der Waals surface area contributed by atoms with Crippen LogP contribution in [-0.4, -0.2) is 72.4 Å². The second kappa shape index (κ2) is 11.4. The van der Waals surface area contributed by atoms with Crippen LogP contribution in [0.2, 0.25) is 0 Å². The summed E-state index contributed by atoms with van der Waals surface area (Å²) in [5.74, 6) is 2.96. The van der Waals surface area contributed by atoms with Gasteiger partial charge in [0.25, 0.3) is 0 Å². The molecule has 2 aliphatic rings. The van der Waals surface area contributed by atoms with Crippen LogP contribution in [0.3, 0.4) is 0 Å². The molecule has 0 spiro atoms. The number of amides is 1. The van der Waals surface area contributed by atoms with E-state index < -0.39 is 0 Å². The Kier molecular flexibility index (Phi) is 10.3. The van der Waals surface area contributed by atoms with Crippen LogP contribution in [0.4, 0.5) is 0 Å². The van der Waals surface area contributed by atoms with E-state index in [1.807, 2.05) is 11.8 Å². The molecule has 8 heteroatoms. The molecule has 134 valence electrons. The summed E-state index contributed by atoms with van der Waals surface area (Å²) in [5, 5.41) is 0. The number of halogens is 1. The number of hydrogen-bond acceptors (Lipinski definition) is 4. The first-order chi connectivity index (χ1) is 10.7. The van der Waals surface area contributed by atoms with Crippen LogP contribution in [0.25, 0.3) is 0 Å². The van der Waals surface area contributed by atoms with E-state index in [1.54, 1.807) is 0 Å². The van der Waals surface area contributed by atoms with Crippen LogP contribution in [0.15, 0.2) is 4.99 Å². The van der Waals surface area contributed by atoms with Crippen molar-refractivity contribution in [3.8, 4) is 0 Å². The van der Waals surface area contributed by atoms with E-state index in [0.717, 1.165) is 76.5 Å². The SMILES string of the molecule is I.NC(=O)C1CCN(CCCCN=C(N)N2CCSCC2)CC1. The number of nitrogens with two attached hydrogens (primary N) is 2. The van der Waals surface area contributed by atoms with Crippen LogP contribution < -0.4 is 11.5 Å². The topological polar surface area (TPSA) is 88.0 Å². The van der Waals surface area contributed by atoms with Crippen molar-refractivity contribution in [2.45, 2.75) is 25.7 Å². The van der Waals surface area contributed by atoms with Gasteiger partial charge >= 0.3 is 0 Å². The summed E-state index contributed by atoms with van der Waals surface area (Å²) < 4.78 is 0. The predicted molar refractivity (Wildman–Crippen MR) is 108 cm³/mol. The number of likely N-dealkylation sites (tertiary alicyclic amines) is 1. The number of nitrogens with zero attached hydrogens (tertiary/aromatic N) is 3. The maximum atomic E-state index is 11.1. The summed E-state index contributed by atoms with van der Waals surface area (Å²) in [6.45, 7) is 5.92. The van der Waals surface area contributed by atoms with Crippen LogP contribution in [0, 0.1) is 5.92 Å². The first-order valence-corrected chi connectivity index (χ1v) is 9.46. The lowest BCUT2D eigenvalue weighted by Gasteiger charge is -2.30. The standard InChI is InChI=1S/C15H29N5OS.HI/c16-14(21)13-3-7-19(8-4-13)6-2-1-5-18-15(17)20-9-11-22-12-10-20;/h13H,1-12H2,(H2,16,21)(H2,17,18);1H. The summed E-state index contributed by atoms with van der Waals surface area (Å²) in [7, 11) is 0. The highest BCUT2D eigenvalue weighted by Gasteiger charge is 2.22. The monoisotopic (exact) mass is 455 g/mol. The Morgan fingerprint density at radius 1 is 1.09 bits per heavy atom. The van der Waals surface area contributed by atoms with Crippen LogP contribution in [0.1, 0.15) is 25.7 Å². The van der Waals surface area contributed by atoms with Crippen molar-refractivity contribution in [2.75, 3.05) is 50.8 Å². The Morgan fingerprint density at radius 2 is 1.74 bits per heavy atom.